The van der Waals surface area contributed by atoms with E-state index in [1.54, 1.807) is 18.2 Å². The number of nitrogens with one attached hydrogen (secondary N) is 1. The lowest BCUT2D eigenvalue weighted by Gasteiger charge is -2.31. The highest BCUT2D eigenvalue weighted by Gasteiger charge is 2.28. The molecule has 0 unspecified atom stereocenters. The highest BCUT2D eigenvalue weighted by molar-refractivity contribution is 5.98. The van der Waals surface area contributed by atoms with E-state index < -0.39 is 0 Å². The third-order valence-electron chi connectivity index (χ3n) is 6.88. The summed E-state index contributed by atoms with van der Waals surface area (Å²) in [7, 11) is 0. The first kappa shape index (κ1) is 22.2. The number of likely N-dealkylation sites (tertiary alicyclic amines) is 1. The summed E-state index contributed by atoms with van der Waals surface area (Å²) in [6.45, 7) is 3.23. The second kappa shape index (κ2) is 9.03. The zero-order valence-corrected chi connectivity index (χ0v) is 19.9. The van der Waals surface area contributed by atoms with Crippen molar-refractivity contribution in [3.63, 3.8) is 0 Å². The number of aryl methyl sites for hydroxylation is 1. The lowest BCUT2D eigenvalue weighted by atomic mass is 9.95. The number of rotatable bonds is 4. The molecule has 0 bridgehead atoms. The van der Waals surface area contributed by atoms with Crippen LogP contribution < -0.4 is 14.8 Å². The molecule has 3 heterocycles. The lowest BCUT2D eigenvalue weighted by molar-refractivity contribution is -0.121. The van der Waals surface area contributed by atoms with Gasteiger partial charge in [0.25, 0.3) is 5.91 Å². The van der Waals surface area contributed by atoms with Crippen molar-refractivity contribution in [1.29, 1.82) is 0 Å². The van der Waals surface area contributed by atoms with Crippen LogP contribution in [-0.2, 0) is 4.79 Å². The van der Waals surface area contributed by atoms with E-state index in [-0.39, 0.29) is 24.5 Å². The number of carbonyl (C=O) groups excluding carboxylic acids is 2. The van der Waals surface area contributed by atoms with Gasteiger partial charge in [-0.1, -0.05) is 18.2 Å². The number of ether oxygens (including phenoxy) is 2. The van der Waals surface area contributed by atoms with E-state index >= 15 is 0 Å². The van der Waals surface area contributed by atoms with Crippen LogP contribution in [0.2, 0.25) is 0 Å². The van der Waals surface area contributed by atoms with E-state index in [0.717, 1.165) is 22.5 Å². The molecule has 4 aromatic rings. The van der Waals surface area contributed by atoms with Crippen LogP contribution in [0.4, 0.5) is 5.69 Å². The minimum atomic E-state index is -0.147. The molecule has 1 N–H and O–H groups in total. The Kier molecular flexibility index (Phi) is 5.56. The number of carbonyl (C=O) groups is 2. The van der Waals surface area contributed by atoms with Crippen molar-refractivity contribution < 1.29 is 19.1 Å². The lowest BCUT2D eigenvalue weighted by Crippen LogP contribution is -2.41. The van der Waals surface area contributed by atoms with Crippen LogP contribution in [0.5, 0.6) is 11.5 Å². The third kappa shape index (κ3) is 4.04. The zero-order chi connectivity index (χ0) is 24.6. The number of benzene rings is 3. The molecule has 0 aliphatic carbocycles. The van der Waals surface area contributed by atoms with Crippen LogP contribution in [-0.4, -0.2) is 46.1 Å². The van der Waals surface area contributed by atoms with Crippen molar-refractivity contribution in [3.8, 4) is 17.2 Å². The number of aromatic nitrogens is 2. The molecule has 6 rings (SSSR count). The van der Waals surface area contributed by atoms with Crippen molar-refractivity contribution in [3.05, 3.63) is 78.1 Å². The molecule has 3 aromatic carbocycles. The van der Waals surface area contributed by atoms with E-state index in [4.69, 9.17) is 14.5 Å². The largest absolute Gasteiger partial charge is 0.454 e. The maximum Gasteiger partial charge on any atom is 0.253 e. The summed E-state index contributed by atoms with van der Waals surface area (Å²) in [6, 6.07) is 21.1. The molecular formula is C28H26N4O4. The van der Waals surface area contributed by atoms with E-state index in [0.29, 0.717) is 48.7 Å². The summed E-state index contributed by atoms with van der Waals surface area (Å²) in [6.07, 6.45) is 1.23. The van der Waals surface area contributed by atoms with Gasteiger partial charge in [0.1, 0.15) is 5.82 Å². The van der Waals surface area contributed by atoms with Crippen molar-refractivity contribution in [2.24, 2.45) is 5.92 Å². The summed E-state index contributed by atoms with van der Waals surface area (Å²) in [5, 5.41) is 2.97. The van der Waals surface area contributed by atoms with Crippen molar-refractivity contribution in [1.82, 2.24) is 14.5 Å². The number of hydrogen-bond donors (Lipinski definition) is 1. The molecule has 0 saturated carbocycles. The van der Waals surface area contributed by atoms with Crippen molar-refractivity contribution in [2.75, 3.05) is 25.2 Å². The number of imidazole rings is 1. The fourth-order valence-electron chi connectivity index (χ4n) is 4.98. The van der Waals surface area contributed by atoms with Gasteiger partial charge in [-0.15, -0.1) is 0 Å². The quantitative estimate of drug-likeness (QED) is 0.461. The number of nitrogens with zero attached hydrogens (tertiary/aromatic N) is 3. The number of fused-ring (bicyclic) bond motifs is 2. The number of amides is 2. The molecule has 0 radical (unpaired) electrons. The van der Waals surface area contributed by atoms with Crippen molar-refractivity contribution in [2.45, 2.75) is 19.8 Å². The minimum Gasteiger partial charge on any atom is -0.454 e. The highest BCUT2D eigenvalue weighted by Crippen LogP contribution is 2.34. The Hall–Kier alpha value is -4.33. The van der Waals surface area contributed by atoms with Crippen molar-refractivity contribution >= 4 is 28.5 Å². The first-order valence-corrected chi connectivity index (χ1v) is 12.1. The van der Waals surface area contributed by atoms with E-state index in [9.17, 15) is 9.59 Å². The SMILES string of the molecule is Cc1nc2cc(C(=O)N3CCC(C(=O)Nc4ccc5c(c4)OCO5)CC3)ccc2n1-c1ccccc1. The monoisotopic (exact) mass is 482 g/mol. The normalized spacial score (nSPS) is 15.3. The molecule has 1 fully saturated rings. The first-order chi connectivity index (χ1) is 17.6. The fourth-order valence-corrected chi connectivity index (χ4v) is 4.98. The first-order valence-electron chi connectivity index (χ1n) is 12.1. The fraction of sp³-hybridized carbons (Fsp3) is 0.250. The van der Waals surface area contributed by atoms with Gasteiger partial charge < -0.3 is 19.7 Å². The van der Waals surface area contributed by atoms with Gasteiger partial charge in [-0.05, 0) is 62.2 Å². The van der Waals surface area contributed by atoms with E-state index in [2.05, 4.69) is 9.88 Å². The third-order valence-corrected chi connectivity index (χ3v) is 6.88. The second-order valence-electron chi connectivity index (χ2n) is 9.16. The Morgan fingerprint density at radius 2 is 1.72 bits per heavy atom. The van der Waals surface area contributed by atoms with Gasteiger partial charge >= 0.3 is 0 Å². The van der Waals surface area contributed by atoms with Gasteiger partial charge in [-0.2, -0.15) is 0 Å². The molecule has 1 aromatic heterocycles. The van der Waals surface area contributed by atoms with Gasteiger partial charge in [0.15, 0.2) is 11.5 Å². The Bertz CT molecular complexity index is 1460. The van der Waals surface area contributed by atoms with Crippen LogP contribution in [0.25, 0.3) is 16.7 Å². The molecule has 36 heavy (non-hydrogen) atoms. The van der Waals surface area contributed by atoms with Gasteiger partial charge in [0.2, 0.25) is 12.7 Å². The molecule has 8 heteroatoms. The molecule has 2 amide bonds. The Labute approximate surface area is 208 Å². The summed E-state index contributed by atoms with van der Waals surface area (Å²) < 4.78 is 12.8. The zero-order valence-electron chi connectivity index (χ0n) is 19.9. The predicted octanol–water partition coefficient (Wildman–Crippen LogP) is 4.55. The molecule has 0 atom stereocenters. The smallest absolute Gasteiger partial charge is 0.253 e. The molecule has 2 aliphatic rings. The summed E-state index contributed by atoms with van der Waals surface area (Å²) >= 11 is 0. The number of hydrogen-bond acceptors (Lipinski definition) is 5. The number of piperidine rings is 1. The number of anilines is 1. The van der Waals surface area contributed by atoms with Gasteiger partial charge in [-0.25, -0.2) is 4.98 Å². The molecule has 1 saturated heterocycles. The van der Waals surface area contributed by atoms with Crippen LogP contribution in [0.1, 0.15) is 29.0 Å². The summed E-state index contributed by atoms with van der Waals surface area (Å²) in [5.41, 5.74) is 4.09. The van der Waals surface area contributed by atoms with Crippen LogP contribution in [0, 0.1) is 12.8 Å². The van der Waals surface area contributed by atoms with Crippen LogP contribution in [0.3, 0.4) is 0 Å². The molecule has 2 aliphatic heterocycles. The molecule has 0 spiro atoms. The maximum atomic E-state index is 13.2. The molecule has 8 nitrogen and oxygen atoms in total. The van der Waals surface area contributed by atoms with Gasteiger partial charge in [0, 0.05) is 42.0 Å². The van der Waals surface area contributed by atoms with E-state index in [1.807, 2.05) is 60.4 Å². The highest BCUT2D eigenvalue weighted by atomic mass is 16.7. The standard InChI is InChI=1S/C28H26N4O4/c1-18-29-23-15-20(7-9-24(23)32(18)22-5-3-2-4-6-22)28(34)31-13-11-19(12-14-31)27(33)30-21-8-10-25-26(16-21)36-17-35-25/h2-10,15-16,19H,11-14,17H2,1H3,(H,30,33). The average molecular weight is 483 g/mol. The Morgan fingerprint density at radius 3 is 2.53 bits per heavy atom. The minimum absolute atomic E-state index is 0.0292. The Morgan fingerprint density at radius 1 is 0.944 bits per heavy atom. The van der Waals surface area contributed by atoms with E-state index in [1.165, 1.54) is 0 Å². The average Bonchev–Trinajstić information content (AvgIpc) is 3.51. The van der Waals surface area contributed by atoms with Gasteiger partial charge in [0.05, 0.1) is 11.0 Å². The second-order valence-corrected chi connectivity index (χ2v) is 9.16. The van der Waals surface area contributed by atoms with Crippen LogP contribution in [0.15, 0.2) is 66.7 Å². The Balaban J connectivity index is 1.11. The summed E-state index contributed by atoms with van der Waals surface area (Å²) in [4.78, 5) is 32.6. The van der Waals surface area contributed by atoms with Gasteiger partial charge in [-0.3, -0.25) is 14.2 Å². The maximum absolute atomic E-state index is 13.2. The topological polar surface area (TPSA) is 85.7 Å². The van der Waals surface area contributed by atoms with Crippen LogP contribution >= 0.6 is 0 Å². The summed E-state index contributed by atoms with van der Waals surface area (Å²) in [5.74, 6) is 1.97. The predicted molar refractivity (Wildman–Crippen MR) is 136 cm³/mol. The number of para-hydroxylation sites is 1. The molecular weight excluding hydrogens is 456 g/mol. The molecule has 182 valence electrons.